The molecule has 0 saturated heterocycles. The number of anilines is 2. The van der Waals surface area contributed by atoms with Crippen molar-refractivity contribution in [2.75, 3.05) is 10.6 Å². The maximum Gasteiger partial charge on any atom is 0.258 e. The molecular weight excluding hydrogens is 352 g/mol. The lowest BCUT2D eigenvalue weighted by molar-refractivity contribution is -0.114. The van der Waals surface area contributed by atoms with Crippen molar-refractivity contribution >= 4 is 34.8 Å². The molecule has 0 atom stereocenters. The summed E-state index contributed by atoms with van der Waals surface area (Å²) in [6.45, 7) is 1.43. The summed E-state index contributed by atoms with van der Waals surface area (Å²) in [7, 11) is 0. The maximum atomic E-state index is 12.3. The molecule has 2 amide bonds. The van der Waals surface area contributed by atoms with Crippen molar-refractivity contribution in [1.29, 1.82) is 0 Å². The summed E-state index contributed by atoms with van der Waals surface area (Å²) in [6, 6.07) is 13.9. The second-order valence-electron chi connectivity index (χ2n) is 5.51. The predicted molar refractivity (Wildman–Crippen MR) is 101 cm³/mol. The first-order chi connectivity index (χ1) is 12.5. The summed E-state index contributed by atoms with van der Waals surface area (Å²) in [4.78, 5) is 31.7. The number of halogens is 1. The van der Waals surface area contributed by atoms with Crippen LogP contribution in [0.4, 0.5) is 11.4 Å². The molecule has 0 unspecified atom stereocenters. The standard InChI is InChI=1S/C19H15ClN4O2/c1-12(25)23-16-6-8-17(9-7-16)24-19(26)14-10-21-18(22-11-14)13-2-4-15(20)5-3-13/h2-11H,1H3,(H,23,25)(H,24,26). The van der Waals surface area contributed by atoms with Gasteiger partial charge in [0.15, 0.2) is 5.82 Å². The van der Waals surface area contributed by atoms with Crippen molar-refractivity contribution in [3.05, 3.63) is 71.5 Å². The zero-order valence-corrected chi connectivity index (χ0v) is 14.6. The molecular formula is C19H15ClN4O2. The van der Waals surface area contributed by atoms with Crippen molar-refractivity contribution in [1.82, 2.24) is 9.97 Å². The molecule has 3 rings (SSSR count). The van der Waals surface area contributed by atoms with Crippen molar-refractivity contribution in [2.24, 2.45) is 0 Å². The molecule has 26 heavy (non-hydrogen) atoms. The number of hydrogen-bond donors (Lipinski definition) is 2. The second-order valence-corrected chi connectivity index (χ2v) is 5.95. The minimum Gasteiger partial charge on any atom is -0.326 e. The van der Waals surface area contributed by atoms with Gasteiger partial charge in [-0.1, -0.05) is 11.6 Å². The number of carbonyl (C=O) groups is 2. The van der Waals surface area contributed by atoms with E-state index in [2.05, 4.69) is 20.6 Å². The van der Waals surface area contributed by atoms with Gasteiger partial charge in [0.25, 0.3) is 5.91 Å². The number of rotatable bonds is 4. The summed E-state index contributed by atoms with van der Waals surface area (Å²) in [6.07, 6.45) is 2.94. The van der Waals surface area contributed by atoms with E-state index in [1.54, 1.807) is 36.4 Å². The van der Waals surface area contributed by atoms with E-state index in [1.165, 1.54) is 19.3 Å². The predicted octanol–water partition coefficient (Wildman–Crippen LogP) is 4.01. The fraction of sp³-hybridized carbons (Fsp3) is 0.0526. The highest BCUT2D eigenvalue weighted by molar-refractivity contribution is 6.30. The van der Waals surface area contributed by atoms with Gasteiger partial charge in [-0.15, -0.1) is 0 Å². The molecule has 2 aromatic carbocycles. The van der Waals surface area contributed by atoms with Crippen LogP contribution in [-0.2, 0) is 4.79 Å². The van der Waals surface area contributed by atoms with Crippen LogP contribution in [0.25, 0.3) is 11.4 Å². The number of carbonyl (C=O) groups excluding carboxylic acids is 2. The molecule has 6 nitrogen and oxygen atoms in total. The fourth-order valence-electron chi connectivity index (χ4n) is 2.24. The first kappa shape index (κ1) is 17.6. The third-order valence-corrected chi connectivity index (χ3v) is 3.73. The van der Waals surface area contributed by atoms with Gasteiger partial charge >= 0.3 is 0 Å². The van der Waals surface area contributed by atoms with Gasteiger partial charge in [-0.2, -0.15) is 0 Å². The normalized spacial score (nSPS) is 10.2. The first-order valence-corrected chi connectivity index (χ1v) is 8.16. The Hall–Kier alpha value is -3.25. The lowest BCUT2D eigenvalue weighted by Gasteiger charge is -2.07. The number of benzene rings is 2. The van der Waals surface area contributed by atoms with E-state index in [1.807, 2.05) is 12.1 Å². The van der Waals surface area contributed by atoms with Crippen molar-refractivity contribution in [2.45, 2.75) is 6.92 Å². The Bertz CT molecular complexity index is 923. The second kappa shape index (κ2) is 7.76. The molecule has 0 aliphatic carbocycles. The molecule has 0 bridgehead atoms. The topological polar surface area (TPSA) is 84.0 Å². The highest BCUT2D eigenvalue weighted by Crippen LogP contribution is 2.18. The molecule has 7 heteroatoms. The van der Waals surface area contributed by atoms with Crippen LogP contribution >= 0.6 is 11.6 Å². The molecule has 0 saturated carbocycles. The highest BCUT2D eigenvalue weighted by Gasteiger charge is 2.09. The van der Waals surface area contributed by atoms with Crippen LogP contribution in [0.1, 0.15) is 17.3 Å². The molecule has 0 aliphatic rings. The van der Waals surface area contributed by atoms with Crippen LogP contribution in [0, 0.1) is 0 Å². The summed E-state index contributed by atoms with van der Waals surface area (Å²) >= 11 is 5.86. The molecule has 0 aliphatic heterocycles. The third kappa shape index (κ3) is 4.43. The van der Waals surface area contributed by atoms with Crippen LogP contribution < -0.4 is 10.6 Å². The smallest absolute Gasteiger partial charge is 0.258 e. The Morgan fingerprint density at radius 3 is 1.92 bits per heavy atom. The minimum absolute atomic E-state index is 0.153. The van der Waals surface area contributed by atoms with E-state index in [4.69, 9.17) is 11.6 Å². The Kier molecular flexibility index (Phi) is 5.24. The zero-order valence-electron chi connectivity index (χ0n) is 13.9. The van der Waals surface area contributed by atoms with E-state index in [0.29, 0.717) is 27.8 Å². The van der Waals surface area contributed by atoms with Gasteiger partial charge in [-0.05, 0) is 48.5 Å². The van der Waals surface area contributed by atoms with Gasteiger partial charge in [0.05, 0.1) is 5.56 Å². The Morgan fingerprint density at radius 1 is 0.846 bits per heavy atom. The van der Waals surface area contributed by atoms with Gasteiger partial charge < -0.3 is 10.6 Å². The van der Waals surface area contributed by atoms with Crippen LogP contribution in [0.15, 0.2) is 60.9 Å². The van der Waals surface area contributed by atoms with E-state index < -0.39 is 0 Å². The average molecular weight is 367 g/mol. The molecule has 2 N–H and O–H groups in total. The van der Waals surface area contributed by atoms with Gasteiger partial charge in [-0.25, -0.2) is 9.97 Å². The quantitative estimate of drug-likeness (QED) is 0.730. The van der Waals surface area contributed by atoms with Crippen LogP contribution in [0.2, 0.25) is 5.02 Å². The number of amides is 2. The van der Waals surface area contributed by atoms with Gasteiger partial charge in [0, 0.05) is 41.3 Å². The zero-order chi connectivity index (χ0) is 18.5. The highest BCUT2D eigenvalue weighted by atomic mass is 35.5. The fourth-order valence-corrected chi connectivity index (χ4v) is 2.36. The van der Waals surface area contributed by atoms with Crippen LogP contribution in [0.3, 0.4) is 0 Å². The van der Waals surface area contributed by atoms with Gasteiger partial charge in [-0.3, -0.25) is 9.59 Å². The minimum atomic E-state index is -0.320. The molecule has 1 heterocycles. The summed E-state index contributed by atoms with van der Waals surface area (Å²) in [5.74, 6) is 0.0394. The molecule has 130 valence electrons. The van der Waals surface area contributed by atoms with Crippen molar-refractivity contribution in [3.8, 4) is 11.4 Å². The van der Waals surface area contributed by atoms with Crippen LogP contribution in [-0.4, -0.2) is 21.8 Å². The number of aromatic nitrogens is 2. The SMILES string of the molecule is CC(=O)Nc1ccc(NC(=O)c2cnc(-c3ccc(Cl)cc3)nc2)cc1. The molecule has 0 spiro atoms. The summed E-state index contributed by atoms with van der Waals surface area (Å²) < 4.78 is 0. The summed E-state index contributed by atoms with van der Waals surface area (Å²) in [5.41, 5.74) is 2.42. The molecule has 0 fully saturated rings. The molecule has 1 aromatic heterocycles. The average Bonchev–Trinajstić information content (AvgIpc) is 2.64. The van der Waals surface area contributed by atoms with E-state index >= 15 is 0 Å². The van der Waals surface area contributed by atoms with E-state index in [-0.39, 0.29) is 11.8 Å². The van der Waals surface area contributed by atoms with Gasteiger partial charge in [0.1, 0.15) is 0 Å². The maximum absolute atomic E-state index is 12.3. The third-order valence-electron chi connectivity index (χ3n) is 3.48. The molecule has 3 aromatic rings. The number of nitrogens with one attached hydrogen (secondary N) is 2. The Balaban J connectivity index is 1.68. The van der Waals surface area contributed by atoms with Gasteiger partial charge in [0.2, 0.25) is 5.91 Å². The van der Waals surface area contributed by atoms with E-state index in [0.717, 1.165) is 5.56 Å². The number of hydrogen-bond acceptors (Lipinski definition) is 4. The first-order valence-electron chi connectivity index (χ1n) is 7.78. The van der Waals surface area contributed by atoms with E-state index in [9.17, 15) is 9.59 Å². The number of nitrogens with zero attached hydrogens (tertiary/aromatic N) is 2. The molecule has 0 radical (unpaired) electrons. The Labute approximate surface area is 155 Å². The van der Waals surface area contributed by atoms with Crippen molar-refractivity contribution < 1.29 is 9.59 Å². The van der Waals surface area contributed by atoms with Crippen LogP contribution in [0.5, 0.6) is 0 Å². The monoisotopic (exact) mass is 366 g/mol. The summed E-state index contributed by atoms with van der Waals surface area (Å²) in [5, 5.41) is 6.05. The lowest BCUT2D eigenvalue weighted by Crippen LogP contribution is -2.13. The van der Waals surface area contributed by atoms with Crippen molar-refractivity contribution in [3.63, 3.8) is 0 Å². The Morgan fingerprint density at radius 2 is 1.38 bits per heavy atom. The largest absolute Gasteiger partial charge is 0.326 e. The lowest BCUT2D eigenvalue weighted by atomic mass is 10.2.